The minimum absolute atomic E-state index is 0.0766. The zero-order valence-corrected chi connectivity index (χ0v) is 30.2. The summed E-state index contributed by atoms with van der Waals surface area (Å²) in [5.41, 5.74) is 2.21. The van der Waals surface area contributed by atoms with Crippen LogP contribution in [0, 0.1) is 23.5 Å². The van der Waals surface area contributed by atoms with Crippen molar-refractivity contribution in [2.45, 2.75) is 142 Å². The van der Waals surface area contributed by atoms with Crippen molar-refractivity contribution in [3.63, 3.8) is 0 Å². The molecule has 2 saturated heterocycles. The maximum Gasteiger partial charge on any atom is 0.234 e. The summed E-state index contributed by atoms with van der Waals surface area (Å²) in [7, 11) is 0. The highest BCUT2D eigenvalue weighted by molar-refractivity contribution is 6.19. The number of aliphatic imine (C=N–C) groups is 2. The first-order valence-electron chi connectivity index (χ1n) is 19.3. The van der Waals surface area contributed by atoms with Crippen LogP contribution in [-0.2, 0) is 9.59 Å². The predicted octanol–water partition coefficient (Wildman–Crippen LogP) is 9.51. The minimum atomic E-state index is -0.771. The molecule has 8 nitrogen and oxygen atoms in total. The van der Waals surface area contributed by atoms with Gasteiger partial charge in [0, 0.05) is 24.2 Å². The standard InChI is InChI=1S/C40H54F2N6O2/c1-5-9-13-17-27(15-11-7-3)47-37-35(43-29-21-19-25(41)23-31(29)45-37)33(39(47)49)34-36-38(46-32-24-26(42)20-22-30(32)44-36)48(40(34)50)28(16-12-8-4)18-14-10-6-2/h19-24,27-28,33-36,43-44H,5-18H2,1-4H3. The third kappa shape index (κ3) is 7.04. The number of hydrogen-bond acceptors (Lipinski definition) is 6. The molecule has 4 aliphatic heterocycles. The molecule has 4 aliphatic rings. The molecule has 0 aromatic heterocycles. The van der Waals surface area contributed by atoms with Crippen molar-refractivity contribution in [2.24, 2.45) is 21.8 Å². The Kier molecular flexibility index (Phi) is 11.5. The summed E-state index contributed by atoms with van der Waals surface area (Å²) in [4.78, 5) is 44.0. The van der Waals surface area contributed by atoms with Crippen molar-refractivity contribution in [3.05, 3.63) is 48.0 Å². The molecule has 50 heavy (non-hydrogen) atoms. The number of fused-ring (bicyclic) bond motifs is 4. The monoisotopic (exact) mass is 688 g/mol. The summed E-state index contributed by atoms with van der Waals surface area (Å²) in [5.74, 6) is -1.41. The zero-order valence-electron chi connectivity index (χ0n) is 30.2. The summed E-state index contributed by atoms with van der Waals surface area (Å²) < 4.78 is 29.0. The van der Waals surface area contributed by atoms with Crippen LogP contribution in [0.15, 0.2) is 46.4 Å². The number of amides is 2. The van der Waals surface area contributed by atoms with E-state index < -0.39 is 35.6 Å². The quantitative estimate of drug-likeness (QED) is 0.162. The van der Waals surface area contributed by atoms with E-state index in [1.54, 1.807) is 12.1 Å². The molecule has 10 heteroatoms. The van der Waals surface area contributed by atoms with Gasteiger partial charge in [-0.3, -0.25) is 19.4 Å². The lowest BCUT2D eigenvalue weighted by atomic mass is 9.82. The molecule has 4 heterocycles. The number of amidine groups is 2. The van der Waals surface area contributed by atoms with Crippen molar-refractivity contribution in [2.75, 3.05) is 10.6 Å². The van der Waals surface area contributed by atoms with Gasteiger partial charge < -0.3 is 10.6 Å². The van der Waals surface area contributed by atoms with E-state index in [0.29, 0.717) is 34.4 Å². The second-order valence-corrected chi connectivity index (χ2v) is 14.6. The molecule has 0 bridgehead atoms. The van der Waals surface area contributed by atoms with Gasteiger partial charge in [0.05, 0.1) is 46.7 Å². The molecule has 0 spiro atoms. The first-order chi connectivity index (χ1) is 24.3. The second-order valence-electron chi connectivity index (χ2n) is 14.6. The van der Waals surface area contributed by atoms with Crippen LogP contribution in [0.1, 0.15) is 118 Å². The van der Waals surface area contributed by atoms with Crippen molar-refractivity contribution >= 4 is 46.2 Å². The maximum atomic E-state index is 15.1. The molecule has 6 atom stereocenters. The molecule has 2 aromatic rings. The summed E-state index contributed by atoms with van der Waals surface area (Å²) in [6.45, 7) is 8.65. The Morgan fingerprint density at radius 1 is 0.600 bits per heavy atom. The van der Waals surface area contributed by atoms with Gasteiger partial charge in [-0.2, -0.15) is 0 Å². The Bertz CT molecular complexity index is 1490. The van der Waals surface area contributed by atoms with E-state index in [1.807, 2.05) is 9.80 Å². The van der Waals surface area contributed by atoms with Crippen LogP contribution in [0.2, 0.25) is 0 Å². The van der Waals surface area contributed by atoms with Crippen molar-refractivity contribution in [3.8, 4) is 0 Å². The molecule has 6 unspecified atom stereocenters. The van der Waals surface area contributed by atoms with Crippen LogP contribution < -0.4 is 10.6 Å². The number of hydrogen-bond donors (Lipinski definition) is 2. The molecule has 2 amide bonds. The van der Waals surface area contributed by atoms with Gasteiger partial charge in [-0.1, -0.05) is 91.9 Å². The summed E-state index contributed by atoms with van der Waals surface area (Å²) in [6, 6.07) is 7.63. The lowest BCUT2D eigenvalue weighted by molar-refractivity contribution is -0.140. The van der Waals surface area contributed by atoms with Crippen LogP contribution in [0.5, 0.6) is 0 Å². The lowest BCUT2D eigenvalue weighted by Gasteiger charge is -2.32. The molecule has 0 saturated carbocycles. The van der Waals surface area contributed by atoms with Crippen LogP contribution in [0.25, 0.3) is 0 Å². The number of likely N-dealkylation sites (tertiary alicyclic amines) is 2. The molecular weight excluding hydrogens is 634 g/mol. The van der Waals surface area contributed by atoms with E-state index in [-0.39, 0.29) is 23.9 Å². The number of anilines is 2. The Hall–Kier alpha value is -3.82. The van der Waals surface area contributed by atoms with Crippen molar-refractivity contribution in [1.29, 1.82) is 0 Å². The van der Waals surface area contributed by atoms with Gasteiger partial charge >= 0.3 is 0 Å². The zero-order chi connectivity index (χ0) is 35.4. The lowest BCUT2D eigenvalue weighted by Crippen LogP contribution is -2.46. The van der Waals surface area contributed by atoms with Gasteiger partial charge in [-0.15, -0.1) is 0 Å². The van der Waals surface area contributed by atoms with Crippen molar-refractivity contribution in [1.82, 2.24) is 9.80 Å². The summed E-state index contributed by atoms with van der Waals surface area (Å²) >= 11 is 0. The van der Waals surface area contributed by atoms with Gasteiger partial charge in [0.2, 0.25) is 11.8 Å². The third-order valence-corrected chi connectivity index (χ3v) is 11.0. The van der Waals surface area contributed by atoms with E-state index in [9.17, 15) is 8.78 Å². The number of rotatable bonds is 17. The first-order valence-corrected chi connectivity index (χ1v) is 19.3. The number of unbranched alkanes of at least 4 members (excludes halogenated alkanes) is 6. The van der Waals surface area contributed by atoms with E-state index in [2.05, 4.69) is 38.3 Å². The highest BCUT2D eigenvalue weighted by Gasteiger charge is 2.61. The smallest absolute Gasteiger partial charge is 0.234 e. The van der Waals surface area contributed by atoms with Crippen LogP contribution in [-0.4, -0.2) is 57.5 Å². The molecule has 6 rings (SSSR count). The van der Waals surface area contributed by atoms with E-state index >= 15 is 9.59 Å². The molecule has 270 valence electrons. The van der Waals surface area contributed by atoms with E-state index in [0.717, 1.165) is 89.9 Å². The Morgan fingerprint density at radius 3 is 1.36 bits per heavy atom. The van der Waals surface area contributed by atoms with Gasteiger partial charge in [-0.25, -0.2) is 18.8 Å². The SMILES string of the molecule is CCCCCC(CCCC)N1C(=O)C(C2C(=O)N(C(CCCC)CCCCC)C3=Nc4cc(F)ccc4NC32)C2Nc3ccc(F)cc3N=C21. The number of nitrogens with zero attached hydrogens (tertiary/aromatic N) is 4. The van der Waals surface area contributed by atoms with E-state index in [4.69, 9.17) is 9.98 Å². The van der Waals surface area contributed by atoms with Crippen LogP contribution >= 0.6 is 0 Å². The fraction of sp³-hybridized carbons (Fsp3) is 0.600. The summed E-state index contributed by atoms with van der Waals surface area (Å²) in [5, 5.41) is 7.13. The van der Waals surface area contributed by atoms with Gasteiger partial charge in [0.25, 0.3) is 0 Å². The number of carbonyl (C=O) groups excluding carboxylic acids is 2. The van der Waals surface area contributed by atoms with Crippen LogP contribution in [0.4, 0.5) is 31.5 Å². The largest absolute Gasteiger partial charge is 0.373 e. The Labute approximate surface area is 296 Å². The van der Waals surface area contributed by atoms with Gasteiger partial charge in [0.1, 0.15) is 23.3 Å². The fourth-order valence-electron chi connectivity index (χ4n) is 8.43. The number of benzene rings is 2. The molecule has 0 radical (unpaired) electrons. The maximum absolute atomic E-state index is 15.1. The first kappa shape index (κ1) is 36.0. The number of halogens is 2. The average molecular weight is 689 g/mol. The molecule has 2 fully saturated rings. The minimum Gasteiger partial charge on any atom is -0.373 e. The van der Waals surface area contributed by atoms with Crippen LogP contribution in [0.3, 0.4) is 0 Å². The second kappa shape index (κ2) is 16.0. The molecule has 0 aliphatic carbocycles. The van der Waals surface area contributed by atoms with E-state index in [1.165, 1.54) is 24.3 Å². The Balaban J connectivity index is 1.46. The molecule has 2 aromatic carbocycles. The highest BCUT2D eigenvalue weighted by Crippen LogP contribution is 2.47. The molecule has 2 N–H and O–H groups in total. The normalized spacial score (nSPS) is 23.3. The predicted molar refractivity (Wildman–Crippen MR) is 197 cm³/mol. The summed E-state index contributed by atoms with van der Waals surface area (Å²) in [6.07, 6.45) is 13.5. The highest BCUT2D eigenvalue weighted by atomic mass is 19.1. The third-order valence-electron chi connectivity index (χ3n) is 11.0. The Morgan fingerprint density at radius 2 is 0.980 bits per heavy atom. The molecular formula is C40H54F2N6O2. The van der Waals surface area contributed by atoms with Gasteiger partial charge in [-0.05, 0) is 49.9 Å². The van der Waals surface area contributed by atoms with Gasteiger partial charge in [0.15, 0.2) is 0 Å². The number of carbonyl (C=O) groups is 2. The fourth-order valence-corrected chi connectivity index (χ4v) is 8.43. The van der Waals surface area contributed by atoms with Crippen molar-refractivity contribution < 1.29 is 18.4 Å². The average Bonchev–Trinajstić information content (AvgIpc) is 3.53. The topological polar surface area (TPSA) is 89.4 Å². The number of nitrogens with one attached hydrogen (secondary N) is 2.